The largest absolute Gasteiger partial charge is 0.302 e. The Morgan fingerprint density at radius 1 is 1.00 bits per heavy atom. The molecule has 0 aromatic heterocycles. The molecule has 1 rings (SSSR count). The number of nitrogens with zero attached hydrogens (tertiary/aromatic N) is 2. The van der Waals surface area contributed by atoms with E-state index in [1.807, 2.05) is 0 Å². The van der Waals surface area contributed by atoms with Crippen LogP contribution in [-0.4, -0.2) is 38.2 Å². The highest BCUT2D eigenvalue weighted by Crippen LogP contribution is 2.19. The van der Waals surface area contributed by atoms with Gasteiger partial charge in [-0.15, -0.1) is 0 Å². The van der Waals surface area contributed by atoms with Crippen LogP contribution in [0, 0.1) is 0 Å². The third-order valence-electron chi connectivity index (χ3n) is 2.59. The molecule has 0 amide bonds. The SMILES string of the molecule is CCCN1[SiH2]N(CCC)C1CC. The molecule has 3 heteroatoms. The fraction of sp³-hybridized carbons (Fsp3) is 1.00. The number of hydrogen-bond acceptors (Lipinski definition) is 2. The van der Waals surface area contributed by atoms with Gasteiger partial charge < -0.3 is 9.13 Å². The van der Waals surface area contributed by atoms with Crippen molar-refractivity contribution in [2.75, 3.05) is 13.1 Å². The van der Waals surface area contributed by atoms with Crippen LogP contribution in [0.25, 0.3) is 0 Å². The van der Waals surface area contributed by atoms with Gasteiger partial charge in [0.2, 0.25) is 0 Å². The van der Waals surface area contributed by atoms with Gasteiger partial charge >= 0.3 is 0 Å². The van der Waals surface area contributed by atoms with Crippen molar-refractivity contribution in [3.05, 3.63) is 0 Å². The van der Waals surface area contributed by atoms with Crippen LogP contribution in [0.2, 0.25) is 0 Å². The number of rotatable bonds is 5. The van der Waals surface area contributed by atoms with E-state index in [0.29, 0.717) is 0 Å². The highest BCUT2D eigenvalue weighted by Gasteiger charge is 2.33. The van der Waals surface area contributed by atoms with Gasteiger partial charge in [-0.2, -0.15) is 0 Å². The lowest BCUT2D eigenvalue weighted by Gasteiger charge is -2.51. The molecule has 1 heterocycles. The summed E-state index contributed by atoms with van der Waals surface area (Å²) in [6, 6.07) is 0. The summed E-state index contributed by atoms with van der Waals surface area (Å²) < 4.78 is 5.44. The quantitative estimate of drug-likeness (QED) is 0.595. The molecule has 1 aliphatic heterocycles. The van der Waals surface area contributed by atoms with Gasteiger partial charge in [-0.1, -0.05) is 20.8 Å². The predicted molar refractivity (Wildman–Crippen MR) is 56.6 cm³/mol. The molecular weight excluding hydrogens is 164 g/mol. The minimum atomic E-state index is 0.0192. The van der Waals surface area contributed by atoms with Crippen molar-refractivity contribution in [3.63, 3.8) is 0 Å². The maximum Gasteiger partial charge on any atom is 0.175 e. The fourth-order valence-corrected chi connectivity index (χ4v) is 4.52. The van der Waals surface area contributed by atoms with Crippen molar-refractivity contribution in [1.29, 1.82) is 0 Å². The normalized spacial score (nSPS) is 27.8. The topological polar surface area (TPSA) is 6.48 Å². The molecule has 0 unspecified atom stereocenters. The van der Waals surface area contributed by atoms with Gasteiger partial charge in [-0.25, -0.2) is 0 Å². The van der Waals surface area contributed by atoms with Crippen molar-refractivity contribution >= 4 is 9.84 Å². The van der Waals surface area contributed by atoms with Crippen LogP contribution in [0.4, 0.5) is 0 Å². The van der Waals surface area contributed by atoms with E-state index in [2.05, 4.69) is 29.9 Å². The molecule has 0 atom stereocenters. The third-order valence-corrected chi connectivity index (χ3v) is 4.80. The summed E-state index contributed by atoms with van der Waals surface area (Å²) in [4.78, 5) is 0. The van der Waals surface area contributed by atoms with Crippen LogP contribution in [-0.2, 0) is 0 Å². The van der Waals surface area contributed by atoms with Crippen LogP contribution in [0.15, 0.2) is 0 Å². The van der Waals surface area contributed by atoms with Gasteiger partial charge in [0.25, 0.3) is 0 Å². The molecule has 0 radical (unpaired) electrons. The monoisotopic (exact) mass is 186 g/mol. The van der Waals surface area contributed by atoms with Crippen LogP contribution >= 0.6 is 0 Å². The van der Waals surface area contributed by atoms with Gasteiger partial charge in [0.1, 0.15) is 0 Å². The lowest BCUT2D eigenvalue weighted by atomic mass is 10.3. The van der Waals surface area contributed by atoms with E-state index in [-0.39, 0.29) is 9.84 Å². The van der Waals surface area contributed by atoms with Gasteiger partial charge in [0.05, 0.1) is 6.17 Å². The molecule has 1 aliphatic rings. The van der Waals surface area contributed by atoms with E-state index < -0.39 is 0 Å². The first kappa shape index (κ1) is 10.2. The van der Waals surface area contributed by atoms with E-state index >= 15 is 0 Å². The molecule has 2 nitrogen and oxygen atoms in total. The molecule has 1 fully saturated rings. The zero-order chi connectivity index (χ0) is 8.97. The summed E-state index contributed by atoms with van der Waals surface area (Å²) in [6.07, 6.45) is 4.77. The van der Waals surface area contributed by atoms with Crippen molar-refractivity contribution in [3.8, 4) is 0 Å². The lowest BCUT2D eigenvalue weighted by Crippen LogP contribution is -2.66. The Bertz CT molecular complexity index is 118. The summed E-state index contributed by atoms with van der Waals surface area (Å²) in [5.74, 6) is 0. The van der Waals surface area contributed by atoms with E-state index in [1.165, 1.54) is 32.4 Å². The highest BCUT2D eigenvalue weighted by atomic mass is 28.2. The maximum absolute atomic E-state index is 2.72. The molecule has 0 aromatic carbocycles. The van der Waals surface area contributed by atoms with Gasteiger partial charge in [-0.3, -0.25) is 0 Å². The zero-order valence-corrected chi connectivity index (χ0v) is 10.1. The van der Waals surface area contributed by atoms with E-state index in [4.69, 9.17) is 0 Å². The zero-order valence-electron chi connectivity index (χ0n) is 8.71. The molecule has 72 valence electrons. The van der Waals surface area contributed by atoms with Crippen molar-refractivity contribution in [1.82, 2.24) is 9.13 Å². The summed E-state index contributed by atoms with van der Waals surface area (Å²) in [7, 11) is 0.0192. The molecule has 1 saturated heterocycles. The molecule has 0 spiro atoms. The molecule has 0 aliphatic carbocycles. The molecule has 0 aromatic rings. The minimum Gasteiger partial charge on any atom is -0.302 e. The molecule has 0 bridgehead atoms. The Labute approximate surface area is 78.9 Å². The average Bonchev–Trinajstić information content (AvgIpc) is 2.03. The lowest BCUT2D eigenvalue weighted by molar-refractivity contribution is 0.0909. The Kier molecular flexibility index (Phi) is 4.25. The van der Waals surface area contributed by atoms with Crippen molar-refractivity contribution < 1.29 is 0 Å². The second-order valence-electron chi connectivity index (χ2n) is 3.66. The number of hydrogen-bond donors (Lipinski definition) is 0. The maximum atomic E-state index is 2.72. The van der Waals surface area contributed by atoms with Crippen LogP contribution in [0.5, 0.6) is 0 Å². The van der Waals surface area contributed by atoms with E-state index in [9.17, 15) is 0 Å². The van der Waals surface area contributed by atoms with E-state index in [1.54, 1.807) is 0 Å². The molecular formula is C9H22N2Si. The van der Waals surface area contributed by atoms with Crippen LogP contribution in [0.1, 0.15) is 40.0 Å². The first-order chi connectivity index (χ1) is 5.83. The average molecular weight is 186 g/mol. The Morgan fingerprint density at radius 3 is 1.83 bits per heavy atom. The minimum absolute atomic E-state index is 0.0192. The summed E-state index contributed by atoms with van der Waals surface area (Å²) in [6.45, 7) is 9.55. The van der Waals surface area contributed by atoms with Crippen LogP contribution < -0.4 is 0 Å². The Hall–Kier alpha value is 0.137. The predicted octanol–water partition coefficient (Wildman–Crippen LogP) is 1.16. The van der Waals surface area contributed by atoms with Gasteiger partial charge in [0, 0.05) is 0 Å². The molecule has 12 heavy (non-hydrogen) atoms. The first-order valence-electron chi connectivity index (χ1n) is 5.31. The standard InChI is InChI=1S/C9H22N2Si/c1-4-7-10-9(6-3)11(12-10)8-5-2/h9H,4-8,12H2,1-3H3. The Morgan fingerprint density at radius 2 is 1.50 bits per heavy atom. The summed E-state index contributed by atoms with van der Waals surface area (Å²) in [5, 5.41) is 0. The third kappa shape index (κ3) is 2.09. The smallest absolute Gasteiger partial charge is 0.175 e. The Balaban J connectivity index is 2.25. The van der Waals surface area contributed by atoms with Gasteiger partial charge in [0.15, 0.2) is 9.84 Å². The van der Waals surface area contributed by atoms with Crippen molar-refractivity contribution in [2.24, 2.45) is 0 Å². The summed E-state index contributed by atoms with van der Waals surface area (Å²) >= 11 is 0. The highest BCUT2D eigenvalue weighted by molar-refractivity contribution is 6.32. The van der Waals surface area contributed by atoms with Crippen LogP contribution in [0.3, 0.4) is 0 Å². The van der Waals surface area contributed by atoms with E-state index in [0.717, 1.165) is 6.17 Å². The second kappa shape index (κ2) is 4.99. The first-order valence-corrected chi connectivity index (χ1v) is 6.58. The molecule has 0 saturated carbocycles. The summed E-state index contributed by atoms with van der Waals surface area (Å²) in [5.41, 5.74) is 0. The second-order valence-corrected chi connectivity index (χ2v) is 5.56. The van der Waals surface area contributed by atoms with Gasteiger partial charge in [-0.05, 0) is 32.4 Å². The van der Waals surface area contributed by atoms with Crippen molar-refractivity contribution in [2.45, 2.75) is 46.2 Å². The molecule has 0 N–H and O–H groups in total. The fourth-order valence-electron chi connectivity index (χ4n) is 2.09.